The van der Waals surface area contributed by atoms with E-state index in [-0.39, 0.29) is 0 Å². The average Bonchev–Trinajstić information content (AvgIpc) is 3.34. The Bertz CT molecular complexity index is 1150. The first-order chi connectivity index (χ1) is 13.6. The predicted molar refractivity (Wildman–Crippen MR) is 112 cm³/mol. The summed E-state index contributed by atoms with van der Waals surface area (Å²) in [6.07, 6.45) is 3.67. The molecular formula is C21H25N7. The summed E-state index contributed by atoms with van der Waals surface area (Å²) in [7, 11) is 0. The zero-order chi connectivity index (χ0) is 19.3. The van der Waals surface area contributed by atoms with Crippen LogP contribution in [0.2, 0.25) is 0 Å². The predicted octanol–water partition coefficient (Wildman–Crippen LogP) is 3.11. The van der Waals surface area contributed by atoms with Gasteiger partial charge in [-0.15, -0.1) is 0 Å². The SMILES string of the molecule is Cc1cc(-c2cc3[nH]nc(N4CCNCC4)c3cc2C(C)C)cn2ncnc12. The van der Waals surface area contributed by atoms with Crippen molar-refractivity contribution in [3.05, 3.63) is 41.9 Å². The highest BCUT2D eigenvalue weighted by atomic mass is 15.3. The third-order valence-corrected chi connectivity index (χ3v) is 5.62. The number of H-pyrrole nitrogens is 1. The summed E-state index contributed by atoms with van der Waals surface area (Å²) >= 11 is 0. The van der Waals surface area contributed by atoms with Crippen LogP contribution in [-0.4, -0.2) is 51.0 Å². The van der Waals surface area contributed by atoms with Crippen LogP contribution in [-0.2, 0) is 0 Å². The van der Waals surface area contributed by atoms with Gasteiger partial charge in [-0.3, -0.25) is 5.10 Å². The topological polar surface area (TPSA) is 74.1 Å². The minimum atomic E-state index is 0.400. The molecule has 5 rings (SSSR count). The molecule has 144 valence electrons. The minimum absolute atomic E-state index is 0.400. The van der Waals surface area contributed by atoms with Crippen LogP contribution in [0.25, 0.3) is 27.7 Å². The van der Waals surface area contributed by atoms with E-state index in [9.17, 15) is 0 Å². The lowest BCUT2D eigenvalue weighted by Gasteiger charge is -2.27. The third kappa shape index (κ3) is 2.74. The molecular weight excluding hydrogens is 350 g/mol. The standard InChI is InChI=1S/C21H25N7/c1-13(2)16-9-18-19(25-26-21(18)27-6-4-22-5-7-27)10-17(16)15-8-14(3)20-23-12-24-28(20)11-15/h8-13,22H,4-7H2,1-3H3,(H,25,26). The van der Waals surface area contributed by atoms with Crippen molar-refractivity contribution in [2.75, 3.05) is 31.1 Å². The maximum atomic E-state index is 4.66. The number of aromatic nitrogens is 5. The van der Waals surface area contributed by atoms with Crippen LogP contribution < -0.4 is 10.2 Å². The molecule has 3 aromatic heterocycles. The molecule has 0 spiro atoms. The van der Waals surface area contributed by atoms with Gasteiger partial charge in [0.15, 0.2) is 11.5 Å². The van der Waals surface area contributed by atoms with Crippen LogP contribution in [0.15, 0.2) is 30.7 Å². The number of piperazine rings is 1. The number of aryl methyl sites for hydroxylation is 1. The molecule has 0 saturated carbocycles. The van der Waals surface area contributed by atoms with Crippen LogP contribution >= 0.6 is 0 Å². The molecule has 1 saturated heterocycles. The number of hydrogen-bond donors (Lipinski definition) is 2. The summed E-state index contributed by atoms with van der Waals surface area (Å²) in [4.78, 5) is 6.71. The number of nitrogens with one attached hydrogen (secondary N) is 2. The maximum Gasteiger partial charge on any atom is 0.158 e. The second-order valence-corrected chi connectivity index (χ2v) is 7.86. The van der Waals surface area contributed by atoms with E-state index >= 15 is 0 Å². The molecule has 0 atom stereocenters. The van der Waals surface area contributed by atoms with Crippen LogP contribution in [0, 0.1) is 6.92 Å². The van der Waals surface area contributed by atoms with Gasteiger partial charge in [-0.1, -0.05) is 13.8 Å². The molecule has 4 heterocycles. The molecule has 0 bridgehead atoms. The number of aromatic amines is 1. The number of pyridine rings is 1. The number of nitrogens with zero attached hydrogens (tertiary/aromatic N) is 5. The van der Waals surface area contributed by atoms with Crippen molar-refractivity contribution in [2.24, 2.45) is 0 Å². The van der Waals surface area contributed by atoms with E-state index in [1.54, 1.807) is 6.33 Å². The van der Waals surface area contributed by atoms with Gasteiger partial charge in [-0.25, -0.2) is 9.50 Å². The quantitative estimate of drug-likeness (QED) is 0.576. The zero-order valence-electron chi connectivity index (χ0n) is 16.5. The average molecular weight is 375 g/mol. The van der Waals surface area contributed by atoms with E-state index in [1.165, 1.54) is 16.5 Å². The van der Waals surface area contributed by atoms with Crippen LogP contribution in [0.3, 0.4) is 0 Å². The normalized spacial score (nSPS) is 15.2. The molecule has 7 heteroatoms. The number of anilines is 1. The Hall–Kier alpha value is -2.93. The van der Waals surface area contributed by atoms with E-state index in [4.69, 9.17) is 0 Å². The van der Waals surface area contributed by atoms with E-state index < -0.39 is 0 Å². The van der Waals surface area contributed by atoms with Crippen molar-refractivity contribution < 1.29 is 0 Å². The molecule has 1 fully saturated rings. The van der Waals surface area contributed by atoms with Crippen molar-refractivity contribution >= 4 is 22.4 Å². The van der Waals surface area contributed by atoms with E-state index in [1.807, 2.05) is 4.52 Å². The Morgan fingerprint density at radius 3 is 2.71 bits per heavy atom. The molecule has 0 radical (unpaired) electrons. The Morgan fingerprint density at radius 2 is 1.93 bits per heavy atom. The number of fused-ring (bicyclic) bond motifs is 2. The van der Waals surface area contributed by atoms with E-state index in [2.05, 4.69) is 75.7 Å². The molecule has 0 unspecified atom stereocenters. The van der Waals surface area contributed by atoms with Gasteiger partial charge in [-0.05, 0) is 47.7 Å². The Balaban J connectivity index is 1.68. The minimum Gasteiger partial charge on any atom is -0.352 e. The van der Waals surface area contributed by atoms with Gasteiger partial charge in [0.25, 0.3) is 0 Å². The van der Waals surface area contributed by atoms with Crippen molar-refractivity contribution in [3.8, 4) is 11.1 Å². The monoisotopic (exact) mass is 375 g/mol. The second kappa shape index (κ2) is 6.60. The van der Waals surface area contributed by atoms with Gasteiger partial charge in [-0.2, -0.15) is 10.2 Å². The molecule has 0 aliphatic carbocycles. The Morgan fingerprint density at radius 1 is 1.11 bits per heavy atom. The van der Waals surface area contributed by atoms with Crippen molar-refractivity contribution in [1.82, 2.24) is 30.1 Å². The first-order valence-corrected chi connectivity index (χ1v) is 9.90. The second-order valence-electron chi connectivity index (χ2n) is 7.86. The fourth-order valence-electron chi connectivity index (χ4n) is 4.15. The Kier molecular flexibility index (Phi) is 4.05. The van der Waals surface area contributed by atoms with E-state index in [0.29, 0.717) is 5.92 Å². The summed E-state index contributed by atoms with van der Waals surface area (Å²) in [6.45, 7) is 10.6. The lowest BCUT2D eigenvalue weighted by atomic mass is 9.91. The molecule has 7 nitrogen and oxygen atoms in total. The van der Waals surface area contributed by atoms with Gasteiger partial charge in [0.1, 0.15) is 6.33 Å². The summed E-state index contributed by atoms with van der Waals surface area (Å²) in [5.74, 6) is 1.46. The third-order valence-electron chi connectivity index (χ3n) is 5.62. The lowest BCUT2D eigenvalue weighted by molar-refractivity contribution is 0.585. The van der Waals surface area contributed by atoms with Crippen LogP contribution in [0.1, 0.15) is 30.9 Å². The van der Waals surface area contributed by atoms with Crippen LogP contribution in [0.5, 0.6) is 0 Å². The first-order valence-electron chi connectivity index (χ1n) is 9.90. The molecule has 1 aliphatic rings. The highest BCUT2D eigenvalue weighted by Gasteiger charge is 2.20. The van der Waals surface area contributed by atoms with E-state index in [0.717, 1.165) is 54.3 Å². The highest BCUT2D eigenvalue weighted by Crippen LogP contribution is 2.36. The van der Waals surface area contributed by atoms with Crippen molar-refractivity contribution in [1.29, 1.82) is 0 Å². The van der Waals surface area contributed by atoms with Crippen molar-refractivity contribution in [3.63, 3.8) is 0 Å². The lowest BCUT2D eigenvalue weighted by Crippen LogP contribution is -2.43. The Labute approximate surface area is 163 Å². The fourth-order valence-corrected chi connectivity index (χ4v) is 4.15. The largest absolute Gasteiger partial charge is 0.352 e. The molecule has 0 amide bonds. The number of benzene rings is 1. The maximum absolute atomic E-state index is 4.66. The first kappa shape index (κ1) is 17.2. The van der Waals surface area contributed by atoms with Gasteiger partial charge in [0.05, 0.1) is 5.52 Å². The van der Waals surface area contributed by atoms with Gasteiger partial charge in [0.2, 0.25) is 0 Å². The summed E-state index contributed by atoms with van der Waals surface area (Å²) < 4.78 is 1.86. The fraction of sp³-hybridized carbons (Fsp3) is 0.381. The van der Waals surface area contributed by atoms with Gasteiger partial charge >= 0.3 is 0 Å². The molecule has 1 aromatic carbocycles. The molecule has 2 N–H and O–H groups in total. The molecule has 4 aromatic rings. The highest BCUT2D eigenvalue weighted by molar-refractivity contribution is 5.94. The van der Waals surface area contributed by atoms with Gasteiger partial charge < -0.3 is 10.2 Å². The number of rotatable bonds is 3. The molecule has 28 heavy (non-hydrogen) atoms. The summed E-state index contributed by atoms with van der Waals surface area (Å²) in [6, 6.07) is 6.75. The van der Waals surface area contributed by atoms with Crippen molar-refractivity contribution in [2.45, 2.75) is 26.7 Å². The zero-order valence-corrected chi connectivity index (χ0v) is 16.5. The number of hydrogen-bond acceptors (Lipinski definition) is 5. The van der Waals surface area contributed by atoms with Gasteiger partial charge in [0, 0.05) is 43.3 Å². The smallest absolute Gasteiger partial charge is 0.158 e. The molecule has 1 aliphatic heterocycles. The summed E-state index contributed by atoms with van der Waals surface area (Å²) in [5.41, 5.74) is 6.79. The summed E-state index contributed by atoms with van der Waals surface area (Å²) in [5, 5.41) is 16.9. The van der Waals surface area contributed by atoms with Crippen LogP contribution in [0.4, 0.5) is 5.82 Å².